The molecule has 1 aliphatic heterocycles. The van der Waals surface area contributed by atoms with Gasteiger partial charge in [-0.2, -0.15) is 8.42 Å². The highest BCUT2D eigenvalue weighted by Gasteiger charge is 2.60. The minimum atomic E-state index is -3.86. The predicted octanol–water partition coefficient (Wildman–Crippen LogP) is -0.315. The van der Waals surface area contributed by atoms with Crippen LogP contribution in [0.5, 0.6) is 0 Å². The summed E-state index contributed by atoms with van der Waals surface area (Å²) in [5.74, 6) is -1.81. The van der Waals surface area contributed by atoms with Gasteiger partial charge in [0.2, 0.25) is 0 Å². The molecule has 17 heavy (non-hydrogen) atoms. The molecule has 3 aliphatic rings. The van der Waals surface area contributed by atoms with Crippen LogP contribution < -0.4 is 0 Å². The molecule has 4 unspecified atom stereocenters. The van der Waals surface area contributed by atoms with E-state index in [-0.39, 0.29) is 11.8 Å². The molecule has 4 atom stereocenters. The summed E-state index contributed by atoms with van der Waals surface area (Å²) in [5, 5.41) is 0.427. The lowest BCUT2D eigenvalue weighted by molar-refractivity contribution is -0.166. The third-order valence-corrected chi connectivity index (χ3v) is 4.06. The average molecular weight is 257 g/mol. The fourth-order valence-electron chi connectivity index (χ4n) is 3.08. The van der Waals surface area contributed by atoms with Gasteiger partial charge in [-0.3, -0.25) is 9.59 Å². The third-order valence-electron chi connectivity index (χ3n) is 3.64. The molecule has 2 aliphatic carbocycles. The lowest BCUT2D eigenvalue weighted by Gasteiger charge is -2.13. The number of nitrogens with zero attached hydrogens (tertiary/aromatic N) is 1. The summed E-state index contributed by atoms with van der Waals surface area (Å²) < 4.78 is 26.4. The van der Waals surface area contributed by atoms with Gasteiger partial charge >= 0.3 is 0 Å². The zero-order valence-corrected chi connectivity index (χ0v) is 9.88. The van der Waals surface area contributed by atoms with Crippen LogP contribution in [0.4, 0.5) is 0 Å². The zero-order chi connectivity index (χ0) is 12.4. The first-order valence-corrected chi connectivity index (χ1v) is 7.16. The summed E-state index contributed by atoms with van der Waals surface area (Å²) in [5.41, 5.74) is 0. The maximum absolute atomic E-state index is 11.9. The van der Waals surface area contributed by atoms with Gasteiger partial charge < -0.3 is 0 Å². The molecule has 7 heteroatoms. The molecule has 0 aromatic carbocycles. The Labute approximate surface area is 98.3 Å². The topological polar surface area (TPSA) is 80.8 Å². The second-order valence-corrected chi connectivity index (χ2v) is 6.31. The number of carbonyl (C=O) groups is 2. The van der Waals surface area contributed by atoms with Crippen molar-refractivity contribution in [1.29, 1.82) is 0 Å². The number of rotatable bonds is 2. The van der Waals surface area contributed by atoms with Crippen LogP contribution >= 0.6 is 0 Å². The first-order chi connectivity index (χ1) is 7.88. The number of carbonyl (C=O) groups excluding carboxylic acids is 2. The number of amides is 2. The molecule has 92 valence electrons. The molecule has 2 fully saturated rings. The second-order valence-electron chi connectivity index (χ2n) is 4.75. The van der Waals surface area contributed by atoms with Crippen molar-refractivity contribution < 1.29 is 22.3 Å². The highest BCUT2D eigenvalue weighted by atomic mass is 32.2. The summed E-state index contributed by atoms with van der Waals surface area (Å²) in [7, 11) is -3.86. The fourth-order valence-corrected chi connectivity index (χ4v) is 3.50. The van der Waals surface area contributed by atoms with Crippen LogP contribution in [-0.4, -0.2) is 31.6 Å². The second kappa shape index (κ2) is 3.17. The molecule has 0 aromatic rings. The monoisotopic (exact) mass is 257 g/mol. The Kier molecular flexibility index (Phi) is 2.03. The molecule has 0 spiro atoms. The van der Waals surface area contributed by atoms with E-state index in [1.54, 1.807) is 0 Å². The van der Waals surface area contributed by atoms with Crippen molar-refractivity contribution in [3.63, 3.8) is 0 Å². The molecular formula is C10H11NO5S. The third kappa shape index (κ3) is 1.45. The van der Waals surface area contributed by atoms with Crippen molar-refractivity contribution >= 4 is 21.9 Å². The number of hydrogen-bond donors (Lipinski definition) is 0. The number of imide groups is 1. The molecular weight excluding hydrogens is 246 g/mol. The number of fused-ring (bicyclic) bond motifs is 5. The van der Waals surface area contributed by atoms with Crippen molar-refractivity contribution in [2.75, 3.05) is 6.26 Å². The van der Waals surface area contributed by atoms with Gasteiger partial charge in [-0.15, -0.1) is 9.35 Å². The Morgan fingerprint density at radius 2 is 1.65 bits per heavy atom. The summed E-state index contributed by atoms with van der Waals surface area (Å²) in [6.45, 7) is 0. The largest absolute Gasteiger partial charge is 0.285 e. The fraction of sp³-hybridized carbons (Fsp3) is 0.600. The van der Waals surface area contributed by atoms with Crippen molar-refractivity contribution in [3.8, 4) is 0 Å². The predicted molar refractivity (Wildman–Crippen MR) is 55.5 cm³/mol. The summed E-state index contributed by atoms with van der Waals surface area (Å²) >= 11 is 0. The normalized spacial score (nSPS) is 39.2. The van der Waals surface area contributed by atoms with Gasteiger partial charge in [0.25, 0.3) is 21.9 Å². The summed E-state index contributed by atoms with van der Waals surface area (Å²) in [6, 6.07) is 0. The van der Waals surface area contributed by atoms with Crippen molar-refractivity contribution in [1.82, 2.24) is 5.06 Å². The molecule has 3 rings (SSSR count). The number of allylic oxidation sites excluding steroid dienone is 2. The summed E-state index contributed by atoms with van der Waals surface area (Å²) in [4.78, 5) is 23.9. The standard InChI is InChI=1S/C10H11NO5S/c1-17(14,15)16-11-9(12)7-5-2-3-6(4-5)8(7)10(11)13/h2-3,5-8H,4H2,1H3. The van der Waals surface area contributed by atoms with Gasteiger partial charge in [0.05, 0.1) is 18.1 Å². The maximum atomic E-state index is 11.9. The Bertz CT molecular complexity index is 507. The van der Waals surface area contributed by atoms with E-state index in [1.165, 1.54) is 0 Å². The Morgan fingerprint density at radius 1 is 1.18 bits per heavy atom. The minimum absolute atomic E-state index is 0.0506. The average Bonchev–Trinajstić information content (AvgIpc) is 2.86. The van der Waals surface area contributed by atoms with Crippen molar-refractivity contribution in [2.24, 2.45) is 23.7 Å². The van der Waals surface area contributed by atoms with Gasteiger partial charge in [0, 0.05) is 0 Å². The number of hydrogen-bond acceptors (Lipinski definition) is 5. The molecule has 2 amide bonds. The molecule has 1 heterocycles. The molecule has 0 aromatic heterocycles. The zero-order valence-electron chi connectivity index (χ0n) is 9.07. The Morgan fingerprint density at radius 3 is 2.06 bits per heavy atom. The number of hydroxylamine groups is 2. The highest BCUT2D eigenvalue weighted by Crippen LogP contribution is 2.52. The molecule has 1 saturated heterocycles. The first-order valence-electron chi connectivity index (χ1n) is 5.34. The van der Waals surface area contributed by atoms with Gasteiger partial charge in [-0.25, -0.2) is 0 Å². The maximum Gasteiger partial charge on any atom is 0.285 e. The van der Waals surface area contributed by atoms with Crippen LogP contribution in [0.15, 0.2) is 12.2 Å². The van der Waals surface area contributed by atoms with E-state index in [0.29, 0.717) is 5.06 Å². The van der Waals surface area contributed by atoms with Crippen LogP contribution in [0.3, 0.4) is 0 Å². The lowest BCUT2D eigenvalue weighted by Crippen LogP contribution is -2.34. The van der Waals surface area contributed by atoms with Crippen molar-refractivity contribution in [3.05, 3.63) is 12.2 Å². The van der Waals surface area contributed by atoms with Gasteiger partial charge in [-0.1, -0.05) is 12.2 Å². The van der Waals surface area contributed by atoms with E-state index in [4.69, 9.17) is 0 Å². The van der Waals surface area contributed by atoms with E-state index >= 15 is 0 Å². The SMILES string of the molecule is CS(=O)(=O)ON1C(=O)C2C3C=CC(C3)C2C1=O. The summed E-state index contributed by atoms with van der Waals surface area (Å²) in [6.07, 6.45) is 5.48. The van der Waals surface area contributed by atoms with E-state index in [9.17, 15) is 18.0 Å². The van der Waals surface area contributed by atoms with E-state index in [2.05, 4.69) is 4.28 Å². The van der Waals surface area contributed by atoms with E-state index in [0.717, 1.165) is 12.7 Å². The van der Waals surface area contributed by atoms with Crippen LogP contribution in [0.1, 0.15) is 6.42 Å². The molecule has 0 radical (unpaired) electrons. The minimum Gasteiger partial charge on any atom is -0.272 e. The molecule has 2 bridgehead atoms. The highest BCUT2D eigenvalue weighted by molar-refractivity contribution is 7.85. The molecule has 6 nitrogen and oxygen atoms in total. The smallest absolute Gasteiger partial charge is 0.272 e. The Hall–Kier alpha value is -1.21. The van der Waals surface area contributed by atoms with Crippen LogP contribution in [-0.2, 0) is 24.0 Å². The van der Waals surface area contributed by atoms with E-state index < -0.39 is 33.8 Å². The molecule has 0 N–H and O–H groups in total. The van der Waals surface area contributed by atoms with Gasteiger partial charge in [0.15, 0.2) is 0 Å². The van der Waals surface area contributed by atoms with Crippen LogP contribution in [0.2, 0.25) is 0 Å². The quantitative estimate of drug-likeness (QED) is 0.500. The van der Waals surface area contributed by atoms with Crippen LogP contribution in [0, 0.1) is 23.7 Å². The van der Waals surface area contributed by atoms with Crippen LogP contribution in [0.25, 0.3) is 0 Å². The molecule has 1 saturated carbocycles. The van der Waals surface area contributed by atoms with Crippen molar-refractivity contribution in [2.45, 2.75) is 6.42 Å². The van der Waals surface area contributed by atoms with E-state index in [1.807, 2.05) is 12.2 Å². The first kappa shape index (κ1) is 10.9. The Balaban J connectivity index is 1.93. The lowest BCUT2D eigenvalue weighted by atomic mass is 9.85. The van der Waals surface area contributed by atoms with Gasteiger partial charge in [0.1, 0.15) is 0 Å². The van der Waals surface area contributed by atoms with Gasteiger partial charge in [-0.05, 0) is 18.3 Å².